The lowest BCUT2D eigenvalue weighted by Crippen LogP contribution is -2.23. The first kappa shape index (κ1) is 15.4. The van der Waals surface area contributed by atoms with Crippen molar-refractivity contribution >= 4 is 5.78 Å². The zero-order valence-electron chi connectivity index (χ0n) is 11.7. The van der Waals surface area contributed by atoms with Crippen LogP contribution in [0.3, 0.4) is 0 Å². The Balaban J connectivity index is 2.04. The van der Waals surface area contributed by atoms with Crippen molar-refractivity contribution in [3.63, 3.8) is 0 Å². The molecular formula is C15H26O3. The molecule has 0 spiro atoms. The molecule has 0 aromatic carbocycles. The lowest BCUT2D eigenvalue weighted by molar-refractivity contribution is -0.164. The third kappa shape index (κ3) is 6.31. The van der Waals surface area contributed by atoms with Gasteiger partial charge in [0.15, 0.2) is 12.1 Å². The van der Waals surface area contributed by atoms with E-state index in [0.717, 1.165) is 38.9 Å². The normalized spacial score (nSPS) is 21.6. The molecule has 1 heterocycles. The Bertz CT molecular complexity index is 267. The molecule has 1 saturated heterocycles. The molecule has 0 amide bonds. The van der Waals surface area contributed by atoms with E-state index < -0.39 is 0 Å². The molecule has 0 radical (unpaired) electrons. The third-order valence-corrected chi connectivity index (χ3v) is 3.39. The quantitative estimate of drug-likeness (QED) is 0.622. The molecule has 1 aliphatic rings. The molecule has 18 heavy (non-hydrogen) atoms. The maximum Gasteiger partial charge on any atom is 0.157 e. The van der Waals surface area contributed by atoms with E-state index in [2.05, 4.69) is 13.5 Å². The van der Waals surface area contributed by atoms with Crippen molar-refractivity contribution < 1.29 is 14.3 Å². The second-order valence-corrected chi connectivity index (χ2v) is 5.30. The summed E-state index contributed by atoms with van der Waals surface area (Å²) >= 11 is 0. The van der Waals surface area contributed by atoms with E-state index in [9.17, 15) is 4.79 Å². The minimum Gasteiger partial charge on any atom is -0.353 e. The topological polar surface area (TPSA) is 35.5 Å². The number of rotatable bonds is 8. The fraction of sp³-hybridized carbons (Fsp3) is 0.800. The van der Waals surface area contributed by atoms with Gasteiger partial charge in [-0.05, 0) is 50.5 Å². The molecule has 0 saturated carbocycles. The summed E-state index contributed by atoms with van der Waals surface area (Å²) in [6.07, 6.45) is 5.89. The molecule has 104 valence electrons. The van der Waals surface area contributed by atoms with E-state index in [0.29, 0.717) is 17.9 Å². The number of allylic oxidation sites excluding steroid dienone is 1. The van der Waals surface area contributed by atoms with Crippen molar-refractivity contribution in [3.8, 4) is 0 Å². The smallest absolute Gasteiger partial charge is 0.157 e. The number of carbonyl (C=O) groups excluding carboxylic acids is 1. The van der Waals surface area contributed by atoms with E-state index in [1.807, 2.05) is 0 Å². The first-order valence-corrected chi connectivity index (χ1v) is 7.01. The third-order valence-electron chi connectivity index (χ3n) is 3.39. The summed E-state index contributed by atoms with van der Waals surface area (Å²) in [5.41, 5.74) is 0.661. The van der Waals surface area contributed by atoms with E-state index >= 15 is 0 Å². The van der Waals surface area contributed by atoms with Crippen LogP contribution in [-0.4, -0.2) is 25.3 Å². The standard InChI is InChI=1S/C15H26O3/c1-12(2)14(16)8-7-13(3)9-11-18-15-6-4-5-10-17-15/h13,15H,1,4-11H2,2-3H3. The summed E-state index contributed by atoms with van der Waals surface area (Å²) < 4.78 is 11.2. The van der Waals surface area contributed by atoms with Gasteiger partial charge in [-0.1, -0.05) is 13.5 Å². The highest BCUT2D eigenvalue weighted by Gasteiger charge is 2.14. The number of Topliss-reactive ketones (excluding diaryl/α,β-unsaturated/α-hetero) is 1. The van der Waals surface area contributed by atoms with Gasteiger partial charge in [0.2, 0.25) is 0 Å². The van der Waals surface area contributed by atoms with Crippen molar-refractivity contribution in [1.29, 1.82) is 0 Å². The minimum absolute atomic E-state index is 0.00278. The zero-order valence-corrected chi connectivity index (χ0v) is 11.7. The van der Waals surface area contributed by atoms with Crippen molar-refractivity contribution in [2.75, 3.05) is 13.2 Å². The van der Waals surface area contributed by atoms with Crippen LogP contribution in [0.25, 0.3) is 0 Å². The van der Waals surface area contributed by atoms with Gasteiger partial charge in [-0.2, -0.15) is 0 Å². The lowest BCUT2D eigenvalue weighted by Gasteiger charge is -2.23. The average molecular weight is 254 g/mol. The monoisotopic (exact) mass is 254 g/mol. The molecule has 0 aromatic heterocycles. The fourth-order valence-electron chi connectivity index (χ4n) is 1.98. The van der Waals surface area contributed by atoms with Crippen molar-refractivity contribution in [3.05, 3.63) is 12.2 Å². The predicted molar refractivity (Wildman–Crippen MR) is 72.4 cm³/mol. The van der Waals surface area contributed by atoms with Gasteiger partial charge in [0, 0.05) is 19.6 Å². The molecule has 0 N–H and O–H groups in total. The van der Waals surface area contributed by atoms with Gasteiger partial charge in [0.05, 0.1) is 0 Å². The Labute approximate surface area is 111 Å². The summed E-state index contributed by atoms with van der Waals surface area (Å²) in [4.78, 5) is 11.4. The van der Waals surface area contributed by atoms with Crippen LogP contribution in [0, 0.1) is 5.92 Å². The van der Waals surface area contributed by atoms with E-state index in [1.54, 1.807) is 6.92 Å². The van der Waals surface area contributed by atoms with Gasteiger partial charge in [0.25, 0.3) is 0 Å². The van der Waals surface area contributed by atoms with Gasteiger partial charge in [-0.15, -0.1) is 0 Å². The summed E-state index contributed by atoms with van der Waals surface area (Å²) in [5.74, 6) is 0.690. The fourth-order valence-corrected chi connectivity index (χ4v) is 1.98. The van der Waals surface area contributed by atoms with Crippen molar-refractivity contribution in [2.24, 2.45) is 5.92 Å². The number of hydrogen-bond acceptors (Lipinski definition) is 3. The molecule has 2 atom stereocenters. The molecule has 0 aliphatic carbocycles. The second kappa shape index (κ2) is 8.44. The molecule has 1 rings (SSSR count). The average Bonchev–Trinajstić information content (AvgIpc) is 2.37. The molecule has 1 aliphatic heterocycles. The largest absolute Gasteiger partial charge is 0.353 e. The molecule has 0 aromatic rings. The number of ketones is 1. The number of ether oxygens (including phenoxy) is 2. The summed E-state index contributed by atoms with van der Waals surface area (Å²) in [7, 11) is 0. The molecule has 2 unspecified atom stereocenters. The molecule has 0 bridgehead atoms. The molecule has 1 fully saturated rings. The maximum absolute atomic E-state index is 11.4. The van der Waals surface area contributed by atoms with Crippen LogP contribution in [0.2, 0.25) is 0 Å². The Morgan fingerprint density at radius 3 is 2.83 bits per heavy atom. The molecule has 3 heteroatoms. The van der Waals surface area contributed by atoms with Crippen LogP contribution in [0.1, 0.15) is 52.4 Å². The van der Waals surface area contributed by atoms with Crippen LogP contribution in [0.4, 0.5) is 0 Å². The minimum atomic E-state index is 0.00278. The summed E-state index contributed by atoms with van der Waals surface area (Å²) in [5, 5.41) is 0. The number of hydrogen-bond donors (Lipinski definition) is 0. The highest BCUT2D eigenvalue weighted by molar-refractivity contribution is 5.93. The van der Waals surface area contributed by atoms with Gasteiger partial charge < -0.3 is 9.47 Å². The molecule has 3 nitrogen and oxygen atoms in total. The van der Waals surface area contributed by atoms with Crippen LogP contribution >= 0.6 is 0 Å². The van der Waals surface area contributed by atoms with E-state index in [-0.39, 0.29) is 12.1 Å². The van der Waals surface area contributed by atoms with Gasteiger partial charge >= 0.3 is 0 Å². The summed E-state index contributed by atoms with van der Waals surface area (Å²) in [6, 6.07) is 0. The maximum atomic E-state index is 11.4. The van der Waals surface area contributed by atoms with Crippen LogP contribution < -0.4 is 0 Å². The van der Waals surface area contributed by atoms with Crippen molar-refractivity contribution in [2.45, 2.75) is 58.7 Å². The Morgan fingerprint density at radius 1 is 1.44 bits per heavy atom. The van der Waals surface area contributed by atoms with Crippen LogP contribution in [-0.2, 0) is 14.3 Å². The zero-order chi connectivity index (χ0) is 13.4. The second-order valence-electron chi connectivity index (χ2n) is 5.30. The van der Waals surface area contributed by atoms with E-state index in [1.165, 1.54) is 6.42 Å². The Morgan fingerprint density at radius 2 is 2.22 bits per heavy atom. The first-order valence-electron chi connectivity index (χ1n) is 7.01. The number of carbonyl (C=O) groups is 1. The van der Waals surface area contributed by atoms with E-state index in [4.69, 9.17) is 9.47 Å². The summed E-state index contributed by atoms with van der Waals surface area (Å²) in [6.45, 7) is 9.16. The molecular weight excluding hydrogens is 228 g/mol. The Hall–Kier alpha value is -0.670. The Kier molecular flexibility index (Phi) is 7.21. The SMILES string of the molecule is C=C(C)C(=O)CCC(C)CCOC1CCCCO1. The highest BCUT2D eigenvalue weighted by atomic mass is 16.7. The van der Waals surface area contributed by atoms with Crippen molar-refractivity contribution in [1.82, 2.24) is 0 Å². The van der Waals surface area contributed by atoms with Gasteiger partial charge in [0.1, 0.15) is 0 Å². The highest BCUT2D eigenvalue weighted by Crippen LogP contribution is 2.16. The van der Waals surface area contributed by atoms with Crippen LogP contribution in [0.15, 0.2) is 12.2 Å². The lowest BCUT2D eigenvalue weighted by atomic mass is 9.99. The van der Waals surface area contributed by atoms with Gasteiger partial charge in [-0.25, -0.2) is 0 Å². The van der Waals surface area contributed by atoms with Gasteiger partial charge in [-0.3, -0.25) is 4.79 Å². The first-order chi connectivity index (χ1) is 8.59. The van der Waals surface area contributed by atoms with Crippen LogP contribution in [0.5, 0.6) is 0 Å². The predicted octanol–water partition coefficient (Wildman–Crippen LogP) is 3.48.